The van der Waals surface area contributed by atoms with Crippen LogP contribution in [0.15, 0.2) is 11.4 Å². The topological polar surface area (TPSA) is 6.48 Å². The van der Waals surface area contributed by atoms with Crippen LogP contribution in [0.5, 0.6) is 0 Å². The minimum absolute atomic E-state index is 0.00389. The molecule has 15 heavy (non-hydrogen) atoms. The van der Waals surface area contributed by atoms with Crippen LogP contribution in [0.1, 0.15) is 41.5 Å². The summed E-state index contributed by atoms with van der Waals surface area (Å²) >= 11 is -0.00389. The van der Waals surface area contributed by atoms with E-state index in [4.69, 9.17) is 0 Å². The first kappa shape index (κ1) is 12.8. The van der Waals surface area contributed by atoms with E-state index in [0.29, 0.717) is 12.1 Å². The third-order valence-corrected chi connectivity index (χ3v) is 4.91. The summed E-state index contributed by atoms with van der Waals surface area (Å²) in [6.45, 7) is 13.6. The monoisotopic (exact) mass is 269 g/mol. The molecule has 1 aliphatic heterocycles. The Morgan fingerprint density at radius 2 is 1.20 bits per heavy atom. The molecule has 0 aromatic heterocycles. The van der Waals surface area contributed by atoms with E-state index in [-0.39, 0.29) is 15.0 Å². The molecule has 0 unspecified atom stereocenters. The summed E-state index contributed by atoms with van der Waals surface area (Å²) in [4.78, 5) is 5.05. The van der Waals surface area contributed by atoms with Gasteiger partial charge in [-0.2, -0.15) is 0 Å². The van der Waals surface area contributed by atoms with Gasteiger partial charge in [0, 0.05) is 0 Å². The van der Waals surface area contributed by atoms with Crippen LogP contribution in [0.2, 0.25) is 5.76 Å². The number of rotatable bonds is 2. The van der Waals surface area contributed by atoms with E-state index in [1.165, 1.54) is 11.4 Å². The van der Waals surface area contributed by atoms with E-state index in [2.05, 4.69) is 57.1 Å². The minimum atomic E-state index is -0.00389. The predicted octanol–water partition coefficient (Wildman–Crippen LogP) is 2.51. The molecule has 1 heterocycles. The van der Waals surface area contributed by atoms with Gasteiger partial charge in [-0.05, 0) is 0 Å². The van der Waals surface area contributed by atoms with Gasteiger partial charge in [-0.25, -0.2) is 0 Å². The number of hydrogen-bond donors (Lipinski definition) is 0. The first-order valence-corrected chi connectivity index (χ1v) is 8.87. The molecule has 0 N–H and O–H groups in total. The van der Waals surface area contributed by atoms with Crippen molar-refractivity contribution in [3.05, 3.63) is 11.4 Å². The van der Waals surface area contributed by atoms with Gasteiger partial charge in [0.15, 0.2) is 0 Å². The first-order valence-electron chi connectivity index (χ1n) is 5.72. The van der Waals surface area contributed by atoms with Gasteiger partial charge in [0.1, 0.15) is 0 Å². The molecule has 0 aliphatic carbocycles. The van der Waals surface area contributed by atoms with Gasteiger partial charge in [0.2, 0.25) is 0 Å². The summed E-state index contributed by atoms with van der Waals surface area (Å²) in [5.41, 5.74) is 2.89. The van der Waals surface area contributed by atoms with Gasteiger partial charge in [-0.1, -0.05) is 0 Å². The molecule has 1 aliphatic rings. The van der Waals surface area contributed by atoms with Gasteiger partial charge >= 0.3 is 100 Å². The van der Waals surface area contributed by atoms with Crippen LogP contribution in [-0.2, 0) is 0 Å². The standard InChI is InChI=1S/C12H23GeN2/c1-8(2)14-10(5)11(6)15(9(3)4)12(14)13-7/h8-9H,1-7H3. The van der Waals surface area contributed by atoms with E-state index in [1.54, 1.807) is 4.60 Å². The number of nitrogens with zero attached hydrogens (tertiary/aromatic N) is 2. The molecule has 0 saturated heterocycles. The Balaban J connectivity index is 3.16. The maximum atomic E-state index is 2.52. The molecule has 0 aromatic rings. The Morgan fingerprint density at radius 3 is 1.40 bits per heavy atom. The fourth-order valence-corrected chi connectivity index (χ4v) is 5.09. The summed E-state index contributed by atoms with van der Waals surface area (Å²) in [5.74, 6) is 2.37. The molecule has 2 nitrogen and oxygen atoms in total. The summed E-state index contributed by atoms with van der Waals surface area (Å²) < 4.78 is 1.58. The molecule has 1 rings (SSSR count). The summed E-state index contributed by atoms with van der Waals surface area (Å²) in [7, 11) is 0. The van der Waals surface area contributed by atoms with Gasteiger partial charge < -0.3 is 0 Å². The van der Waals surface area contributed by atoms with Gasteiger partial charge in [0.25, 0.3) is 0 Å². The van der Waals surface area contributed by atoms with Crippen LogP contribution in [0.25, 0.3) is 0 Å². The number of allylic oxidation sites excluding steroid dienone is 2. The average molecular weight is 268 g/mol. The second-order valence-corrected chi connectivity index (χ2v) is 6.66. The zero-order chi connectivity index (χ0) is 11.7. The fraction of sp³-hybridized carbons (Fsp3) is 0.750. The average Bonchev–Trinajstić information content (AvgIpc) is 2.39. The second kappa shape index (κ2) is 4.73. The molecular formula is C12H23GeN2. The Bertz CT molecular complexity index is 277. The predicted molar refractivity (Wildman–Crippen MR) is 68.9 cm³/mol. The quantitative estimate of drug-likeness (QED) is 0.710. The van der Waals surface area contributed by atoms with E-state index in [9.17, 15) is 0 Å². The van der Waals surface area contributed by atoms with Crippen molar-refractivity contribution in [2.45, 2.75) is 59.4 Å². The first-order chi connectivity index (χ1) is 6.91. The molecule has 0 bridgehead atoms. The molecule has 3 heteroatoms. The molecular weight excluding hydrogens is 245 g/mol. The third-order valence-electron chi connectivity index (χ3n) is 2.96. The molecule has 85 valence electrons. The van der Waals surface area contributed by atoms with Crippen LogP contribution in [0, 0.1) is 0 Å². The van der Waals surface area contributed by atoms with Crippen molar-refractivity contribution in [3.8, 4) is 0 Å². The Kier molecular flexibility index (Phi) is 4.04. The molecule has 0 aromatic carbocycles. The van der Waals surface area contributed by atoms with Gasteiger partial charge in [0.05, 0.1) is 0 Å². The zero-order valence-corrected chi connectivity index (χ0v) is 13.1. The van der Waals surface area contributed by atoms with Crippen molar-refractivity contribution in [2.24, 2.45) is 0 Å². The second-order valence-electron chi connectivity index (χ2n) is 4.67. The van der Waals surface area contributed by atoms with Crippen LogP contribution >= 0.6 is 0 Å². The van der Waals surface area contributed by atoms with Crippen LogP contribution < -0.4 is 0 Å². The summed E-state index contributed by atoms with van der Waals surface area (Å²) in [6.07, 6.45) is 0. The molecule has 0 atom stereocenters. The van der Waals surface area contributed by atoms with Gasteiger partial charge in [-0.15, -0.1) is 0 Å². The Hall–Kier alpha value is -0.247. The van der Waals surface area contributed by atoms with E-state index in [0.717, 1.165) is 0 Å². The van der Waals surface area contributed by atoms with E-state index < -0.39 is 0 Å². The van der Waals surface area contributed by atoms with Crippen molar-refractivity contribution in [1.29, 1.82) is 0 Å². The molecule has 1 radical (unpaired) electrons. The van der Waals surface area contributed by atoms with Crippen molar-refractivity contribution in [1.82, 2.24) is 9.80 Å². The van der Waals surface area contributed by atoms with Crippen molar-refractivity contribution in [3.63, 3.8) is 0 Å². The molecule has 0 spiro atoms. The van der Waals surface area contributed by atoms with E-state index >= 15 is 0 Å². The van der Waals surface area contributed by atoms with E-state index in [1.807, 2.05) is 0 Å². The summed E-state index contributed by atoms with van der Waals surface area (Å²) in [5, 5.41) is 0. The summed E-state index contributed by atoms with van der Waals surface area (Å²) in [6, 6.07) is 1.17. The van der Waals surface area contributed by atoms with Crippen LogP contribution in [0.3, 0.4) is 0 Å². The SMILES string of the molecule is [CH3][Ge]=[C]1N(C(C)C)C(C)=C(C)N1C(C)C. The van der Waals surface area contributed by atoms with Crippen LogP contribution in [-0.4, -0.2) is 41.5 Å². The Morgan fingerprint density at radius 1 is 0.867 bits per heavy atom. The van der Waals surface area contributed by atoms with Crippen molar-refractivity contribution < 1.29 is 0 Å². The molecule has 0 amide bonds. The van der Waals surface area contributed by atoms with Crippen molar-refractivity contribution >= 4 is 19.6 Å². The molecule has 0 fully saturated rings. The maximum absolute atomic E-state index is 2.52. The fourth-order valence-electron chi connectivity index (χ4n) is 2.29. The molecule has 0 saturated carbocycles. The van der Waals surface area contributed by atoms with Gasteiger partial charge in [-0.3, -0.25) is 0 Å². The third kappa shape index (κ3) is 2.15. The normalized spacial score (nSPS) is 17.5. The number of hydrogen-bond acceptors (Lipinski definition) is 2. The van der Waals surface area contributed by atoms with Crippen molar-refractivity contribution in [2.75, 3.05) is 0 Å². The Labute approximate surface area is 100 Å². The van der Waals surface area contributed by atoms with Crippen LogP contribution in [0.4, 0.5) is 0 Å². The zero-order valence-electron chi connectivity index (χ0n) is 11.0.